The first-order chi connectivity index (χ1) is 15.8. The van der Waals surface area contributed by atoms with Gasteiger partial charge in [-0.15, -0.1) is 0 Å². The molecule has 9 heteroatoms. The lowest BCUT2D eigenvalue weighted by atomic mass is 9.95. The van der Waals surface area contributed by atoms with Crippen LogP contribution in [0.4, 0.5) is 11.4 Å². The Bertz CT molecular complexity index is 1300. The van der Waals surface area contributed by atoms with E-state index in [-0.39, 0.29) is 10.5 Å². The Balaban J connectivity index is 1.86. The molecule has 0 amide bonds. The number of nitrogens with one attached hydrogen (secondary N) is 2. The monoisotopic (exact) mass is 531 g/mol. The van der Waals surface area contributed by atoms with E-state index >= 15 is 0 Å². The van der Waals surface area contributed by atoms with Crippen LogP contribution >= 0.6 is 15.9 Å². The number of carbonyl (C=O) groups is 1. The van der Waals surface area contributed by atoms with Crippen molar-refractivity contribution in [3.05, 3.63) is 58.2 Å². The van der Waals surface area contributed by atoms with Gasteiger partial charge in [0, 0.05) is 28.3 Å². The van der Waals surface area contributed by atoms with Crippen LogP contribution in [0.1, 0.15) is 60.9 Å². The van der Waals surface area contributed by atoms with Gasteiger partial charge in [-0.3, -0.25) is 4.98 Å². The summed E-state index contributed by atoms with van der Waals surface area (Å²) in [5.74, 6) is -0.705. The maximum absolute atomic E-state index is 13.1. The Kier molecular flexibility index (Phi) is 7.02. The predicted octanol–water partition coefficient (Wildman–Crippen LogP) is 5.79. The third kappa shape index (κ3) is 5.20. The van der Waals surface area contributed by atoms with Gasteiger partial charge in [0.1, 0.15) is 4.90 Å². The van der Waals surface area contributed by atoms with Crippen molar-refractivity contribution in [2.24, 2.45) is 0 Å². The molecular formula is C24H26BrN3O4S. The van der Waals surface area contributed by atoms with Gasteiger partial charge in [-0.05, 0) is 67.1 Å². The predicted molar refractivity (Wildman–Crippen MR) is 133 cm³/mol. The Hall–Kier alpha value is -2.49. The van der Waals surface area contributed by atoms with Gasteiger partial charge in [0.25, 0.3) is 0 Å². The number of sulfonamides is 1. The van der Waals surface area contributed by atoms with Crippen LogP contribution in [-0.4, -0.2) is 31.0 Å². The molecule has 0 unspecified atom stereocenters. The van der Waals surface area contributed by atoms with E-state index in [1.54, 1.807) is 18.2 Å². The molecule has 1 heterocycles. The van der Waals surface area contributed by atoms with Gasteiger partial charge >= 0.3 is 5.97 Å². The summed E-state index contributed by atoms with van der Waals surface area (Å²) < 4.78 is 29.6. The Labute approximate surface area is 201 Å². The highest BCUT2D eigenvalue weighted by molar-refractivity contribution is 9.10. The van der Waals surface area contributed by atoms with Crippen LogP contribution in [0.15, 0.2) is 52.0 Å². The molecule has 1 aliphatic carbocycles. The maximum Gasteiger partial charge on any atom is 0.335 e. The second kappa shape index (κ2) is 9.79. The number of rotatable bonds is 8. The van der Waals surface area contributed by atoms with E-state index < -0.39 is 16.0 Å². The number of carboxylic acid groups (broad SMARTS) is 1. The molecule has 1 aliphatic rings. The number of benzene rings is 2. The lowest BCUT2D eigenvalue weighted by Gasteiger charge is -2.18. The molecule has 174 valence electrons. The van der Waals surface area contributed by atoms with Crippen LogP contribution in [0.2, 0.25) is 0 Å². The van der Waals surface area contributed by atoms with E-state index in [4.69, 9.17) is 0 Å². The third-order valence-electron chi connectivity index (χ3n) is 5.93. The van der Waals surface area contributed by atoms with E-state index in [0.29, 0.717) is 41.2 Å². The number of anilines is 2. The van der Waals surface area contributed by atoms with Crippen LogP contribution in [-0.2, 0) is 10.0 Å². The fourth-order valence-electron chi connectivity index (χ4n) is 4.28. The number of aromatic nitrogens is 1. The second-order valence-electron chi connectivity index (χ2n) is 8.31. The average molecular weight is 532 g/mol. The topological polar surface area (TPSA) is 108 Å². The van der Waals surface area contributed by atoms with Gasteiger partial charge in [0.15, 0.2) is 0 Å². The molecule has 0 saturated heterocycles. The summed E-state index contributed by atoms with van der Waals surface area (Å²) in [5, 5.41) is 13.5. The summed E-state index contributed by atoms with van der Waals surface area (Å²) in [5.41, 5.74) is 2.67. The number of aromatic carboxylic acids is 1. The summed E-state index contributed by atoms with van der Waals surface area (Å²) >= 11 is 3.43. The normalized spacial score (nSPS) is 14.6. The minimum absolute atomic E-state index is 0.0221. The van der Waals surface area contributed by atoms with E-state index in [9.17, 15) is 18.3 Å². The molecule has 0 atom stereocenters. The van der Waals surface area contributed by atoms with E-state index in [1.165, 1.54) is 6.20 Å². The highest BCUT2D eigenvalue weighted by Crippen LogP contribution is 2.38. The zero-order valence-corrected chi connectivity index (χ0v) is 20.7. The van der Waals surface area contributed by atoms with Crippen LogP contribution < -0.4 is 10.0 Å². The van der Waals surface area contributed by atoms with Crippen molar-refractivity contribution >= 4 is 54.2 Å². The molecule has 1 saturated carbocycles. The zero-order chi connectivity index (χ0) is 23.6. The quantitative estimate of drug-likeness (QED) is 0.339. The Morgan fingerprint density at radius 1 is 1.18 bits per heavy atom. The standard InChI is InChI=1S/C24H26BrN3O4S/c1-2-9-27-33(31,32)22-14-26-21-13-18(25)7-8-20(21)23(22)28-19-11-16(15-5-3-4-6-15)10-17(12-19)24(29)30/h7-8,10-15,27H,2-6,9H2,1H3,(H,26,28)(H,29,30). The molecule has 0 aliphatic heterocycles. The van der Waals surface area contributed by atoms with Gasteiger partial charge < -0.3 is 10.4 Å². The molecule has 0 bridgehead atoms. The highest BCUT2D eigenvalue weighted by Gasteiger charge is 2.23. The first kappa shape index (κ1) is 23.7. The summed E-state index contributed by atoms with van der Waals surface area (Å²) in [6, 6.07) is 10.6. The summed E-state index contributed by atoms with van der Waals surface area (Å²) in [6.45, 7) is 2.19. The van der Waals surface area contributed by atoms with E-state index in [1.807, 2.05) is 25.1 Å². The first-order valence-corrected chi connectivity index (χ1v) is 13.3. The first-order valence-electron chi connectivity index (χ1n) is 11.0. The van der Waals surface area contributed by atoms with Crippen molar-refractivity contribution in [1.82, 2.24) is 9.71 Å². The van der Waals surface area contributed by atoms with Crippen LogP contribution in [0, 0.1) is 0 Å². The van der Waals surface area contributed by atoms with E-state index in [0.717, 1.165) is 35.7 Å². The van der Waals surface area contributed by atoms with Crippen molar-refractivity contribution in [1.29, 1.82) is 0 Å². The van der Waals surface area contributed by atoms with Gasteiger partial charge in [0.2, 0.25) is 10.0 Å². The minimum Gasteiger partial charge on any atom is -0.478 e. The molecule has 2 aromatic carbocycles. The number of nitrogens with zero attached hydrogens (tertiary/aromatic N) is 1. The van der Waals surface area contributed by atoms with Gasteiger partial charge in [-0.25, -0.2) is 17.9 Å². The van der Waals surface area contributed by atoms with Gasteiger partial charge in [0.05, 0.1) is 16.8 Å². The summed E-state index contributed by atoms with van der Waals surface area (Å²) in [7, 11) is -3.83. The van der Waals surface area contributed by atoms with Crippen molar-refractivity contribution in [2.45, 2.75) is 49.8 Å². The van der Waals surface area contributed by atoms with Crippen molar-refractivity contribution in [3.8, 4) is 0 Å². The lowest BCUT2D eigenvalue weighted by molar-refractivity contribution is 0.0696. The second-order valence-corrected chi connectivity index (χ2v) is 11.0. The van der Waals surface area contributed by atoms with Gasteiger partial charge in [-0.2, -0.15) is 0 Å². The lowest BCUT2D eigenvalue weighted by Crippen LogP contribution is -2.25. The number of pyridine rings is 1. The number of halogens is 1. The average Bonchev–Trinajstić information content (AvgIpc) is 3.32. The fourth-order valence-corrected chi connectivity index (χ4v) is 5.88. The van der Waals surface area contributed by atoms with Crippen molar-refractivity contribution in [2.75, 3.05) is 11.9 Å². The molecule has 3 N–H and O–H groups in total. The largest absolute Gasteiger partial charge is 0.478 e. The van der Waals surface area contributed by atoms with Crippen LogP contribution in [0.25, 0.3) is 10.9 Å². The van der Waals surface area contributed by atoms with Crippen molar-refractivity contribution in [3.63, 3.8) is 0 Å². The number of carboxylic acids is 1. The molecule has 0 radical (unpaired) electrons. The summed E-state index contributed by atoms with van der Waals surface area (Å²) in [4.78, 5) is 16.2. The number of hydrogen-bond acceptors (Lipinski definition) is 5. The zero-order valence-electron chi connectivity index (χ0n) is 18.3. The van der Waals surface area contributed by atoms with E-state index in [2.05, 4.69) is 31.0 Å². The van der Waals surface area contributed by atoms with Gasteiger partial charge in [-0.1, -0.05) is 35.7 Å². The SMILES string of the molecule is CCCNS(=O)(=O)c1cnc2cc(Br)ccc2c1Nc1cc(C(=O)O)cc(C2CCCC2)c1. The molecular weight excluding hydrogens is 506 g/mol. The highest BCUT2D eigenvalue weighted by atomic mass is 79.9. The molecule has 7 nitrogen and oxygen atoms in total. The van der Waals surface area contributed by atoms with Crippen LogP contribution in [0.5, 0.6) is 0 Å². The minimum atomic E-state index is -3.83. The van der Waals surface area contributed by atoms with Crippen LogP contribution in [0.3, 0.4) is 0 Å². The molecule has 1 aromatic heterocycles. The Morgan fingerprint density at radius 2 is 1.94 bits per heavy atom. The fraction of sp³-hybridized carbons (Fsp3) is 0.333. The number of hydrogen-bond donors (Lipinski definition) is 3. The third-order valence-corrected chi connectivity index (χ3v) is 7.89. The molecule has 0 spiro atoms. The number of fused-ring (bicyclic) bond motifs is 1. The molecule has 4 rings (SSSR count). The smallest absolute Gasteiger partial charge is 0.335 e. The molecule has 3 aromatic rings. The molecule has 1 fully saturated rings. The molecule has 33 heavy (non-hydrogen) atoms. The maximum atomic E-state index is 13.1. The summed E-state index contributed by atoms with van der Waals surface area (Å²) in [6.07, 6.45) is 6.29. The van der Waals surface area contributed by atoms with Crippen molar-refractivity contribution < 1.29 is 18.3 Å². The Morgan fingerprint density at radius 3 is 2.64 bits per heavy atom.